The molecule has 1 heterocycles. The SMILES string of the molecule is CCCc1nc(Cl)c(C)c(NC2(CC)CCC2)n1. The van der Waals surface area contributed by atoms with Gasteiger partial charge in [-0.15, -0.1) is 0 Å². The molecule has 0 aliphatic heterocycles. The van der Waals surface area contributed by atoms with Crippen molar-refractivity contribution in [3.8, 4) is 0 Å². The van der Waals surface area contributed by atoms with E-state index in [1.807, 2.05) is 6.92 Å². The summed E-state index contributed by atoms with van der Waals surface area (Å²) in [6.45, 7) is 6.35. The molecule has 0 bridgehead atoms. The van der Waals surface area contributed by atoms with Gasteiger partial charge in [-0.25, -0.2) is 9.97 Å². The lowest BCUT2D eigenvalue weighted by atomic mass is 9.75. The Kier molecular flexibility index (Phi) is 4.10. The number of nitrogens with one attached hydrogen (secondary N) is 1. The minimum absolute atomic E-state index is 0.242. The molecule has 100 valence electrons. The van der Waals surface area contributed by atoms with Crippen LogP contribution < -0.4 is 5.32 Å². The molecule has 3 nitrogen and oxygen atoms in total. The third-order valence-corrected chi connectivity index (χ3v) is 4.35. The van der Waals surface area contributed by atoms with E-state index < -0.39 is 0 Å². The molecule has 1 aliphatic rings. The lowest BCUT2D eigenvalue weighted by Gasteiger charge is -2.42. The molecule has 0 unspecified atom stereocenters. The first-order valence-electron chi connectivity index (χ1n) is 6.91. The Morgan fingerprint density at radius 2 is 2.00 bits per heavy atom. The minimum Gasteiger partial charge on any atom is -0.364 e. The number of halogens is 1. The Morgan fingerprint density at radius 3 is 2.50 bits per heavy atom. The van der Waals surface area contributed by atoms with E-state index in [0.717, 1.165) is 36.5 Å². The van der Waals surface area contributed by atoms with Crippen LogP contribution in [0.15, 0.2) is 0 Å². The predicted molar refractivity (Wildman–Crippen MR) is 76.3 cm³/mol. The Morgan fingerprint density at radius 1 is 1.28 bits per heavy atom. The van der Waals surface area contributed by atoms with Crippen LogP contribution in [0.25, 0.3) is 0 Å². The lowest BCUT2D eigenvalue weighted by Crippen LogP contribution is -2.44. The average Bonchev–Trinajstić information content (AvgIpc) is 2.30. The van der Waals surface area contributed by atoms with E-state index in [4.69, 9.17) is 11.6 Å². The Hall–Kier alpha value is -0.830. The van der Waals surface area contributed by atoms with Crippen molar-refractivity contribution >= 4 is 17.4 Å². The zero-order valence-electron chi connectivity index (χ0n) is 11.5. The van der Waals surface area contributed by atoms with Crippen molar-refractivity contribution in [2.45, 2.75) is 64.8 Å². The highest BCUT2D eigenvalue weighted by Crippen LogP contribution is 2.38. The second-order valence-electron chi connectivity index (χ2n) is 5.27. The molecule has 1 aromatic rings. The fourth-order valence-corrected chi connectivity index (χ4v) is 2.60. The third-order valence-electron chi connectivity index (χ3n) is 3.98. The third kappa shape index (κ3) is 2.61. The summed E-state index contributed by atoms with van der Waals surface area (Å²) >= 11 is 6.20. The molecule has 18 heavy (non-hydrogen) atoms. The average molecular weight is 268 g/mol. The lowest BCUT2D eigenvalue weighted by molar-refractivity contribution is 0.268. The fraction of sp³-hybridized carbons (Fsp3) is 0.714. The van der Waals surface area contributed by atoms with Crippen LogP contribution in [0, 0.1) is 6.92 Å². The second kappa shape index (κ2) is 5.43. The van der Waals surface area contributed by atoms with Crippen LogP contribution in [-0.4, -0.2) is 15.5 Å². The first-order chi connectivity index (χ1) is 8.60. The highest BCUT2D eigenvalue weighted by molar-refractivity contribution is 6.30. The number of hydrogen-bond acceptors (Lipinski definition) is 3. The maximum absolute atomic E-state index is 6.20. The fourth-order valence-electron chi connectivity index (χ4n) is 2.41. The van der Waals surface area contributed by atoms with E-state index in [9.17, 15) is 0 Å². The summed E-state index contributed by atoms with van der Waals surface area (Å²) in [5.41, 5.74) is 1.21. The number of nitrogens with zero attached hydrogens (tertiary/aromatic N) is 2. The molecule has 1 aromatic heterocycles. The Bertz CT molecular complexity index is 422. The molecule has 1 saturated carbocycles. The van der Waals surface area contributed by atoms with Gasteiger partial charge in [0.1, 0.15) is 16.8 Å². The summed E-state index contributed by atoms with van der Waals surface area (Å²) < 4.78 is 0. The van der Waals surface area contributed by atoms with Gasteiger partial charge in [0.05, 0.1) is 0 Å². The number of anilines is 1. The van der Waals surface area contributed by atoms with Crippen molar-refractivity contribution < 1.29 is 0 Å². The van der Waals surface area contributed by atoms with Crippen molar-refractivity contribution in [1.29, 1.82) is 0 Å². The van der Waals surface area contributed by atoms with Crippen molar-refractivity contribution in [1.82, 2.24) is 9.97 Å². The summed E-state index contributed by atoms with van der Waals surface area (Å²) in [6.07, 6.45) is 6.82. The van der Waals surface area contributed by atoms with Crippen molar-refractivity contribution in [3.05, 3.63) is 16.5 Å². The minimum atomic E-state index is 0.242. The standard InChI is InChI=1S/C14H22ClN3/c1-4-7-11-16-12(15)10(3)13(17-11)18-14(5-2)8-6-9-14/h4-9H2,1-3H3,(H,16,17,18). The van der Waals surface area contributed by atoms with Crippen molar-refractivity contribution in [3.63, 3.8) is 0 Å². The molecule has 1 aliphatic carbocycles. The zero-order valence-corrected chi connectivity index (χ0v) is 12.3. The summed E-state index contributed by atoms with van der Waals surface area (Å²) in [6, 6.07) is 0. The zero-order chi connectivity index (χ0) is 13.2. The van der Waals surface area contributed by atoms with Gasteiger partial charge in [0.25, 0.3) is 0 Å². The number of aryl methyl sites for hydroxylation is 1. The van der Waals surface area contributed by atoms with Crippen LogP contribution in [0.2, 0.25) is 5.15 Å². The molecule has 2 rings (SSSR count). The van der Waals surface area contributed by atoms with Crippen LogP contribution in [0.4, 0.5) is 5.82 Å². The van der Waals surface area contributed by atoms with E-state index >= 15 is 0 Å². The van der Waals surface area contributed by atoms with Gasteiger partial charge in [0.2, 0.25) is 0 Å². The van der Waals surface area contributed by atoms with Gasteiger partial charge < -0.3 is 5.32 Å². The Balaban J connectivity index is 2.25. The van der Waals surface area contributed by atoms with Crippen molar-refractivity contribution in [2.75, 3.05) is 5.32 Å². The normalized spacial score (nSPS) is 17.3. The van der Waals surface area contributed by atoms with Crippen molar-refractivity contribution in [2.24, 2.45) is 0 Å². The maximum Gasteiger partial charge on any atom is 0.137 e. The molecule has 4 heteroatoms. The van der Waals surface area contributed by atoms with E-state index in [1.165, 1.54) is 19.3 Å². The molecule has 0 amide bonds. The quantitative estimate of drug-likeness (QED) is 0.815. The summed E-state index contributed by atoms with van der Waals surface area (Å²) in [7, 11) is 0. The van der Waals surface area contributed by atoms with Crippen LogP contribution in [-0.2, 0) is 6.42 Å². The van der Waals surface area contributed by atoms with E-state index in [-0.39, 0.29) is 5.54 Å². The highest BCUT2D eigenvalue weighted by Gasteiger charge is 2.35. The van der Waals surface area contributed by atoms with E-state index in [0.29, 0.717) is 5.15 Å². The predicted octanol–water partition coefficient (Wildman–Crippen LogP) is 4.14. The van der Waals surface area contributed by atoms with Gasteiger partial charge in [0, 0.05) is 17.5 Å². The topological polar surface area (TPSA) is 37.8 Å². The van der Waals surface area contributed by atoms with E-state index in [2.05, 4.69) is 29.1 Å². The summed E-state index contributed by atoms with van der Waals surface area (Å²) in [5, 5.41) is 4.20. The number of hydrogen-bond donors (Lipinski definition) is 1. The van der Waals surface area contributed by atoms with Gasteiger partial charge >= 0.3 is 0 Å². The van der Waals surface area contributed by atoms with Gasteiger partial charge in [0.15, 0.2) is 0 Å². The monoisotopic (exact) mass is 267 g/mol. The number of rotatable bonds is 5. The molecular formula is C14H22ClN3. The molecular weight excluding hydrogens is 246 g/mol. The largest absolute Gasteiger partial charge is 0.364 e. The van der Waals surface area contributed by atoms with Gasteiger partial charge in [-0.1, -0.05) is 25.4 Å². The van der Waals surface area contributed by atoms with Gasteiger partial charge in [-0.3, -0.25) is 0 Å². The highest BCUT2D eigenvalue weighted by atomic mass is 35.5. The molecule has 0 atom stereocenters. The first-order valence-corrected chi connectivity index (χ1v) is 7.29. The molecule has 0 saturated heterocycles. The van der Waals surface area contributed by atoms with Crippen LogP contribution in [0.1, 0.15) is 57.3 Å². The molecule has 0 aromatic carbocycles. The molecule has 0 spiro atoms. The molecule has 1 fully saturated rings. The second-order valence-corrected chi connectivity index (χ2v) is 5.62. The smallest absolute Gasteiger partial charge is 0.137 e. The molecule has 1 N–H and O–H groups in total. The maximum atomic E-state index is 6.20. The summed E-state index contributed by atoms with van der Waals surface area (Å²) in [5.74, 6) is 1.78. The van der Waals surface area contributed by atoms with Gasteiger partial charge in [-0.2, -0.15) is 0 Å². The van der Waals surface area contributed by atoms with E-state index in [1.54, 1.807) is 0 Å². The van der Waals surface area contributed by atoms with Crippen LogP contribution in [0.3, 0.4) is 0 Å². The Labute approximate surface area is 114 Å². The number of aromatic nitrogens is 2. The van der Waals surface area contributed by atoms with Gasteiger partial charge in [-0.05, 0) is 39.0 Å². The molecule has 0 radical (unpaired) electrons. The first kappa shape index (κ1) is 13.6. The summed E-state index contributed by atoms with van der Waals surface area (Å²) in [4.78, 5) is 8.97. The van der Waals surface area contributed by atoms with Crippen LogP contribution >= 0.6 is 11.6 Å². The van der Waals surface area contributed by atoms with Crippen LogP contribution in [0.5, 0.6) is 0 Å².